The number of nitrogens with one attached hydrogen (secondary N) is 2. The molecule has 0 bridgehead atoms. The van der Waals surface area contributed by atoms with Gasteiger partial charge in [0.1, 0.15) is 10.7 Å². The van der Waals surface area contributed by atoms with E-state index >= 15 is 0 Å². The van der Waals surface area contributed by atoms with Gasteiger partial charge in [-0.2, -0.15) is 0 Å². The Kier molecular flexibility index (Phi) is 16.3. The number of hydrogen-bond acceptors (Lipinski definition) is 9. The van der Waals surface area contributed by atoms with E-state index in [4.69, 9.17) is 4.74 Å². The molecule has 2 amide bonds. The van der Waals surface area contributed by atoms with E-state index in [0.29, 0.717) is 17.8 Å². The van der Waals surface area contributed by atoms with Gasteiger partial charge in [0.15, 0.2) is 11.9 Å². The fraction of sp³-hybridized carbons (Fsp3) is 0.658. The minimum atomic E-state index is -0.772. The molecule has 3 N–H and O–H groups in total. The summed E-state index contributed by atoms with van der Waals surface area (Å²) in [4.78, 5) is 59.6. The highest BCUT2D eigenvalue weighted by atomic mass is 32.1. The molecule has 0 aliphatic carbocycles. The van der Waals surface area contributed by atoms with E-state index in [2.05, 4.69) is 20.5 Å². The Hall–Kier alpha value is -3.15. The predicted octanol–water partition coefficient (Wildman–Crippen LogP) is 5.74. The Morgan fingerprint density at radius 2 is 1.78 bits per heavy atom. The van der Waals surface area contributed by atoms with Crippen LogP contribution in [0.2, 0.25) is 0 Å². The van der Waals surface area contributed by atoms with Crippen LogP contribution in [0, 0.1) is 23.7 Å². The molecule has 1 aliphatic rings. The first-order chi connectivity index (χ1) is 23.3. The maximum absolute atomic E-state index is 13.9. The summed E-state index contributed by atoms with van der Waals surface area (Å²) in [5.41, 5.74) is 1.30. The SMILES string of the molecule is CC[C@H](C)C(CC(=O)C1CCCCN1C)C(=O)N[C@H](C[C@@H](OC(C)=O)c1nc(C(=O)N[C@@H](Cc2ccccc2)C[C@H](C)CO)cs1)C(C)C. The highest BCUT2D eigenvalue weighted by Gasteiger charge is 2.35. The van der Waals surface area contributed by atoms with Crippen LogP contribution in [-0.2, 0) is 25.5 Å². The van der Waals surface area contributed by atoms with Gasteiger partial charge in [-0.25, -0.2) is 4.98 Å². The number of hydrogen-bond donors (Lipinski definition) is 3. The zero-order valence-electron chi connectivity index (χ0n) is 30.4. The van der Waals surface area contributed by atoms with E-state index in [1.165, 1.54) is 18.3 Å². The lowest BCUT2D eigenvalue weighted by Crippen LogP contribution is -2.47. The minimum absolute atomic E-state index is 0.00293. The van der Waals surface area contributed by atoms with Crippen LogP contribution in [0.3, 0.4) is 0 Å². The van der Waals surface area contributed by atoms with Crippen molar-refractivity contribution in [1.82, 2.24) is 20.5 Å². The maximum atomic E-state index is 13.9. The second kappa shape index (κ2) is 19.9. The van der Waals surface area contributed by atoms with Crippen LogP contribution >= 0.6 is 11.3 Å². The third kappa shape index (κ3) is 12.6. The van der Waals surface area contributed by atoms with E-state index in [0.717, 1.165) is 37.8 Å². The highest BCUT2D eigenvalue weighted by Crippen LogP contribution is 2.30. The van der Waals surface area contributed by atoms with E-state index in [1.807, 2.05) is 72.0 Å². The molecule has 272 valence electrons. The first-order valence-electron chi connectivity index (χ1n) is 17.9. The van der Waals surface area contributed by atoms with Crippen LogP contribution in [0.1, 0.15) is 114 Å². The van der Waals surface area contributed by atoms with Gasteiger partial charge in [0.25, 0.3) is 5.91 Å². The topological polar surface area (TPSA) is 138 Å². The number of ketones is 1. The Morgan fingerprint density at radius 1 is 1.06 bits per heavy atom. The quantitative estimate of drug-likeness (QED) is 0.158. The van der Waals surface area contributed by atoms with Gasteiger partial charge in [-0.1, -0.05) is 77.8 Å². The van der Waals surface area contributed by atoms with Crippen molar-refractivity contribution in [3.05, 3.63) is 52.0 Å². The summed E-state index contributed by atoms with van der Waals surface area (Å²) in [6.07, 6.45) is 4.60. The number of benzene rings is 1. The van der Waals surface area contributed by atoms with Crippen LogP contribution < -0.4 is 10.6 Å². The average molecular weight is 699 g/mol. The number of carbonyl (C=O) groups is 4. The van der Waals surface area contributed by atoms with Crippen LogP contribution in [0.15, 0.2) is 35.7 Å². The third-order valence-electron chi connectivity index (χ3n) is 9.83. The lowest BCUT2D eigenvalue weighted by atomic mass is 9.83. The van der Waals surface area contributed by atoms with Gasteiger partial charge in [0.2, 0.25) is 5.91 Å². The number of esters is 1. The molecule has 0 radical (unpaired) electrons. The molecule has 1 fully saturated rings. The fourth-order valence-corrected chi connectivity index (χ4v) is 7.38. The highest BCUT2D eigenvalue weighted by molar-refractivity contribution is 7.09. The van der Waals surface area contributed by atoms with Gasteiger partial charge in [0.05, 0.1) is 6.04 Å². The van der Waals surface area contributed by atoms with Crippen LogP contribution in [0.25, 0.3) is 0 Å². The number of aromatic nitrogens is 1. The van der Waals surface area contributed by atoms with Crippen LogP contribution in [0.5, 0.6) is 0 Å². The van der Waals surface area contributed by atoms with E-state index in [9.17, 15) is 24.3 Å². The number of Topliss-reactive ketones (excluding diaryl/α,β-unsaturated/α-hetero) is 1. The zero-order valence-corrected chi connectivity index (χ0v) is 31.3. The molecule has 10 nitrogen and oxygen atoms in total. The molecule has 7 atom stereocenters. The number of piperidine rings is 1. The van der Waals surface area contributed by atoms with Crippen molar-refractivity contribution in [2.24, 2.45) is 23.7 Å². The summed E-state index contributed by atoms with van der Waals surface area (Å²) in [7, 11) is 1.98. The number of amides is 2. The molecule has 1 saturated heterocycles. The molecule has 2 aromatic rings. The summed E-state index contributed by atoms with van der Waals surface area (Å²) >= 11 is 1.24. The number of rotatable bonds is 19. The Balaban J connectivity index is 1.75. The van der Waals surface area contributed by atoms with Crippen molar-refractivity contribution in [3.63, 3.8) is 0 Å². The van der Waals surface area contributed by atoms with Crippen molar-refractivity contribution in [3.8, 4) is 0 Å². The normalized spacial score (nSPS) is 18.9. The second-order valence-corrected chi connectivity index (χ2v) is 15.2. The number of nitrogens with zero attached hydrogens (tertiary/aromatic N) is 2. The third-order valence-corrected chi connectivity index (χ3v) is 10.8. The summed E-state index contributed by atoms with van der Waals surface area (Å²) in [5, 5.41) is 18.1. The molecular formula is C38H58N4O6S. The first kappa shape index (κ1) is 40.3. The summed E-state index contributed by atoms with van der Waals surface area (Å²) in [6, 6.07) is 9.15. The Morgan fingerprint density at radius 3 is 2.39 bits per heavy atom. The largest absolute Gasteiger partial charge is 0.455 e. The monoisotopic (exact) mass is 698 g/mol. The fourth-order valence-electron chi connectivity index (χ4n) is 6.54. The smallest absolute Gasteiger partial charge is 0.303 e. The molecule has 49 heavy (non-hydrogen) atoms. The first-order valence-corrected chi connectivity index (χ1v) is 18.8. The standard InChI is InChI=1S/C38H58N4O6S/c1-8-26(5)30(20-34(45)33-16-12-13-17-42(33)7)36(46)40-31(24(2)3)21-35(48-27(6)44)38-41-32(23-49-38)37(47)39-29(18-25(4)22-43)19-28-14-10-9-11-15-28/h9-11,14-15,23-26,29-31,33,35,43H,8,12-13,16-22H2,1-7H3,(H,39,47)(H,40,46)/t25-,26-,29+,30?,31+,33?,35+/m0/s1. The molecule has 11 heteroatoms. The Bertz CT molecular complexity index is 1350. The van der Waals surface area contributed by atoms with Gasteiger partial charge < -0.3 is 20.5 Å². The van der Waals surface area contributed by atoms with Gasteiger partial charge in [-0.05, 0) is 62.6 Å². The molecule has 2 unspecified atom stereocenters. The molecule has 2 heterocycles. The predicted molar refractivity (Wildman–Crippen MR) is 193 cm³/mol. The minimum Gasteiger partial charge on any atom is -0.455 e. The molecule has 0 saturated carbocycles. The van der Waals surface area contributed by atoms with Gasteiger partial charge >= 0.3 is 5.97 Å². The van der Waals surface area contributed by atoms with E-state index in [-0.39, 0.29) is 78.6 Å². The molecule has 1 aromatic carbocycles. The van der Waals surface area contributed by atoms with Gasteiger partial charge in [-0.15, -0.1) is 11.3 Å². The number of ether oxygens (including phenoxy) is 1. The number of aliphatic hydroxyl groups is 1. The Labute approximate surface area is 296 Å². The van der Waals surface area contributed by atoms with Crippen molar-refractivity contribution >= 4 is 34.9 Å². The number of thiazole rings is 1. The van der Waals surface area contributed by atoms with E-state index < -0.39 is 18.0 Å². The molecule has 1 aromatic heterocycles. The summed E-state index contributed by atoms with van der Waals surface area (Å²) in [6.45, 7) is 12.2. The number of carbonyl (C=O) groups excluding carboxylic acids is 4. The zero-order chi connectivity index (χ0) is 36.1. The number of aliphatic hydroxyl groups excluding tert-OH is 1. The molecule has 3 rings (SSSR count). The maximum Gasteiger partial charge on any atom is 0.303 e. The lowest BCUT2D eigenvalue weighted by molar-refractivity contribution is -0.147. The molecular weight excluding hydrogens is 641 g/mol. The lowest BCUT2D eigenvalue weighted by Gasteiger charge is -2.33. The van der Waals surface area contributed by atoms with Gasteiger partial charge in [-0.3, -0.25) is 24.1 Å². The van der Waals surface area contributed by atoms with Crippen molar-refractivity contribution in [1.29, 1.82) is 0 Å². The second-order valence-electron chi connectivity index (χ2n) is 14.3. The van der Waals surface area contributed by atoms with Crippen molar-refractivity contribution in [2.45, 2.75) is 117 Å². The van der Waals surface area contributed by atoms with Crippen molar-refractivity contribution < 1.29 is 29.0 Å². The summed E-state index contributed by atoms with van der Waals surface area (Å²) < 4.78 is 5.74. The van der Waals surface area contributed by atoms with Crippen LogP contribution in [-0.4, -0.2) is 76.9 Å². The van der Waals surface area contributed by atoms with Crippen molar-refractivity contribution in [2.75, 3.05) is 20.2 Å². The number of likely N-dealkylation sites (tertiary alicyclic amines) is 1. The van der Waals surface area contributed by atoms with Crippen LogP contribution in [0.4, 0.5) is 0 Å². The molecule has 1 aliphatic heterocycles. The van der Waals surface area contributed by atoms with Gasteiger partial charge in [0, 0.05) is 49.8 Å². The van der Waals surface area contributed by atoms with E-state index in [1.54, 1.807) is 5.38 Å². The summed E-state index contributed by atoms with van der Waals surface area (Å²) in [5.74, 6) is -1.32. The molecule has 0 spiro atoms. The number of likely N-dealkylation sites (N-methyl/N-ethyl adjacent to an activating group) is 1. The average Bonchev–Trinajstić information content (AvgIpc) is 3.57.